The maximum atomic E-state index is 13.1. The molecule has 0 unspecified atom stereocenters. The fourth-order valence-corrected chi connectivity index (χ4v) is 5.84. The molecule has 2 fully saturated rings. The lowest BCUT2D eigenvalue weighted by molar-refractivity contribution is -0.126. The first kappa shape index (κ1) is 22.1. The molecule has 1 saturated carbocycles. The van der Waals surface area contributed by atoms with E-state index in [4.69, 9.17) is 4.74 Å². The maximum absolute atomic E-state index is 13.1. The number of sulfonamides is 1. The van der Waals surface area contributed by atoms with E-state index in [1.54, 1.807) is 24.3 Å². The first-order chi connectivity index (χ1) is 14.0. The van der Waals surface area contributed by atoms with Crippen LogP contribution in [-0.4, -0.2) is 44.4 Å². The van der Waals surface area contributed by atoms with Gasteiger partial charge in [-0.05, 0) is 56.9 Å². The molecule has 3 rings (SSSR count). The summed E-state index contributed by atoms with van der Waals surface area (Å²) in [5.74, 6) is 0.398. The van der Waals surface area contributed by atoms with E-state index in [1.807, 2.05) is 6.92 Å². The highest BCUT2D eigenvalue weighted by Gasteiger charge is 2.34. The molecule has 1 atom stereocenters. The van der Waals surface area contributed by atoms with Crippen LogP contribution in [0.5, 0.6) is 5.75 Å². The first-order valence-corrected chi connectivity index (χ1v) is 12.5. The van der Waals surface area contributed by atoms with Gasteiger partial charge in [-0.25, -0.2) is 8.42 Å². The number of carbonyl (C=O) groups is 1. The molecule has 1 N–H and O–H groups in total. The van der Waals surface area contributed by atoms with E-state index in [-0.39, 0.29) is 29.3 Å². The zero-order valence-corrected chi connectivity index (χ0v) is 18.3. The van der Waals surface area contributed by atoms with E-state index in [2.05, 4.69) is 5.32 Å². The summed E-state index contributed by atoms with van der Waals surface area (Å²) in [6, 6.07) is 6.76. The number of hydrogen-bond acceptors (Lipinski definition) is 4. The normalized spacial score (nSPS) is 22.4. The van der Waals surface area contributed by atoms with E-state index in [0.717, 1.165) is 32.1 Å². The molecule has 2 aliphatic rings. The third kappa shape index (κ3) is 5.95. The van der Waals surface area contributed by atoms with Crippen molar-refractivity contribution >= 4 is 15.9 Å². The molecule has 0 aromatic heterocycles. The monoisotopic (exact) mass is 422 g/mol. The minimum atomic E-state index is -3.61. The van der Waals surface area contributed by atoms with Gasteiger partial charge in [0.05, 0.1) is 17.4 Å². The molecule has 0 bridgehead atoms. The average Bonchev–Trinajstić information content (AvgIpc) is 2.70. The summed E-state index contributed by atoms with van der Waals surface area (Å²) in [6.07, 6.45) is 9.61. The Morgan fingerprint density at radius 2 is 1.69 bits per heavy atom. The number of nitrogens with one attached hydrogen (secondary N) is 1. The van der Waals surface area contributed by atoms with Crippen LogP contribution in [0.4, 0.5) is 0 Å². The summed E-state index contributed by atoms with van der Waals surface area (Å²) in [7, 11) is -3.61. The maximum Gasteiger partial charge on any atom is 0.243 e. The Balaban J connectivity index is 1.61. The Hall–Kier alpha value is -1.60. The average molecular weight is 423 g/mol. The van der Waals surface area contributed by atoms with Gasteiger partial charge in [-0.15, -0.1) is 0 Å². The molecule has 7 heteroatoms. The number of carbonyl (C=O) groups excluding carboxylic acids is 1. The van der Waals surface area contributed by atoms with Crippen LogP contribution in [0.3, 0.4) is 0 Å². The summed E-state index contributed by atoms with van der Waals surface area (Å²) in [6.45, 7) is 3.15. The van der Waals surface area contributed by atoms with Crippen molar-refractivity contribution < 1.29 is 17.9 Å². The lowest BCUT2D eigenvalue weighted by atomic mass is 9.94. The van der Waals surface area contributed by atoms with E-state index < -0.39 is 10.0 Å². The zero-order chi connectivity index (χ0) is 20.7. The molecular formula is C22H34N2O4S. The Labute approximate surface area is 175 Å². The van der Waals surface area contributed by atoms with Gasteiger partial charge in [0.25, 0.3) is 0 Å². The van der Waals surface area contributed by atoms with Gasteiger partial charge < -0.3 is 10.1 Å². The predicted octanol–water partition coefficient (Wildman–Crippen LogP) is 3.72. The Bertz CT molecular complexity index is 756. The molecular weight excluding hydrogens is 388 g/mol. The molecule has 29 heavy (non-hydrogen) atoms. The molecule has 1 aromatic rings. The summed E-state index contributed by atoms with van der Waals surface area (Å²) in [5.41, 5.74) is 0. The van der Waals surface area contributed by atoms with Gasteiger partial charge in [0.2, 0.25) is 15.9 Å². The molecule has 1 amide bonds. The van der Waals surface area contributed by atoms with Crippen LogP contribution in [0.1, 0.15) is 64.7 Å². The number of amides is 1. The number of hydrogen-bond donors (Lipinski definition) is 1. The Morgan fingerprint density at radius 1 is 1.03 bits per heavy atom. The molecule has 1 aliphatic heterocycles. The lowest BCUT2D eigenvalue weighted by Crippen LogP contribution is -2.47. The largest absolute Gasteiger partial charge is 0.494 e. The van der Waals surface area contributed by atoms with Crippen LogP contribution >= 0.6 is 0 Å². The highest BCUT2D eigenvalue weighted by molar-refractivity contribution is 7.89. The highest BCUT2D eigenvalue weighted by atomic mass is 32.2. The number of ether oxygens (including phenoxy) is 1. The second-order valence-electron chi connectivity index (χ2n) is 8.16. The first-order valence-electron chi connectivity index (χ1n) is 11.0. The number of piperidine rings is 1. The quantitative estimate of drug-likeness (QED) is 0.758. The second kappa shape index (κ2) is 10.4. The Kier molecular flexibility index (Phi) is 7.95. The van der Waals surface area contributed by atoms with Gasteiger partial charge in [0.1, 0.15) is 5.75 Å². The number of rotatable bonds is 6. The molecule has 6 nitrogen and oxygen atoms in total. The predicted molar refractivity (Wildman–Crippen MR) is 113 cm³/mol. The van der Waals surface area contributed by atoms with E-state index >= 15 is 0 Å². The fraction of sp³-hybridized carbons (Fsp3) is 0.682. The van der Waals surface area contributed by atoms with Crippen molar-refractivity contribution in [1.82, 2.24) is 9.62 Å². The standard InChI is InChI=1S/C22H34N2O4S/c1-2-28-20-12-14-21(15-13-20)29(26,27)24-16-8-9-18(17-24)22(25)23-19-10-6-4-3-5-7-11-19/h12-15,18-19H,2-11,16-17H2,1H3,(H,23,25)/t18-/m0/s1. The third-order valence-corrected chi connectivity index (χ3v) is 7.86. The van der Waals surface area contributed by atoms with Gasteiger partial charge in [0.15, 0.2) is 0 Å². The molecule has 1 saturated heterocycles. The van der Waals surface area contributed by atoms with Gasteiger partial charge >= 0.3 is 0 Å². The van der Waals surface area contributed by atoms with E-state index in [1.165, 1.54) is 23.6 Å². The van der Waals surface area contributed by atoms with Crippen molar-refractivity contribution in [3.05, 3.63) is 24.3 Å². The molecule has 0 spiro atoms. The van der Waals surface area contributed by atoms with Crippen molar-refractivity contribution in [3.8, 4) is 5.75 Å². The molecule has 1 heterocycles. The Morgan fingerprint density at radius 3 is 2.34 bits per heavy atom. The molecule has 0 radical (unpaired) electrons. The molecule has 1 aliphatic carbocycles. The fourth-order valence-electron chi connectivity index (χ4n) is 4.32. The third-order valence-electron chi connectivity index (χ3n) is 5.98. The summed E-state index contributed by atoms with van der Waals surface area (Å²) >= 11 is 0. The van der Waals surface area contributed by atoms with Gasteiger partial charge in [-0.1, -0.05) is 32.1 Å². The summed E-state index contributed by atoms with van der Waals surface area (Å²) in [5, 5.41) is 3.21. The van der Waals surface area contributed by atoms with Crippen LogP contribution in [0.25, 0.3) is 0 Å². The van der Waals surface area contributed by atoms with Crippen molar-refractivity contribution in [1.29, 1.82) is 0 Å². The van der Waals surface area contributed by atoms with Crippen LogP contribution in [0.2, 0.25) is 0 Å². The van der Waals surface area contributed by atoms with Crippen LogP contribution in [-0.2, 0) is 14.8 Å². The second-order valence-corrected chi connectivity index (χ2v) is 10.1. The minimum absolute atomic E-state index is 0.0159. The van der Waals surface area contributed by atoms with Crippen molar-refractivity contribution in [2.24, 2.45) is 5.92 Å². The summed E-state index contributed by atoms with van der Waals surface area (Å²) in [4.78, 5) is 13.1. The number of nitrogens with zero attached hydrogens (tertiary/aromatic N) is 1. The van der Waals surface area contributed by atoms with Crippen LogP contribution < -0.4 is 10.1 Å². The molecule has 1 aromatic carbocycles. The van der Waals surface area contributed by atoms with Crippen LogP contribution in [0.15, 0.2) is 29.2 Å². The van der Waals surface area contributed by atoms with Gasteiger partial charge in [0, 0.05) is 19.1 Å². The minimum Gasteiger partial charge on any atom is -0.494 e. The highest BCUT2D eigenvalue weighted by Crippen LogP contribution is 2.26. The van der Waals surface area contributed by atoms with Gasteiger partial charge in [-0.3, -0.25) is 4.79 Å². The lowest BCUT2D eigenvalue weighted by Gasteiger charge is -2.32. The smallest absolute Gasteiger partial charge is 0.243 e. The van der Waals surface area contributed by atoms with E-state index in [0.29, 0.717) is 25.3 Å². The SMILES string of the molecule is CCOc1ccc(S(=O)(=O)N2CCC[C@H](C(=O)NC3CCCCCCC3)C2)cc1. The van der Waals surface area contributed by atoms with Crippen LogP contribution in [0, 0.1) is 5.92 Å². The van der Waals surface area contributed by atoms with E-state index in [9.17, 15) is 13.2 Å². The van der Waals surface area contributed by atoms with Gasteiger partial charge in [-0.2, -0.15) is 4.31 Å². The van der Waals surface area contributed by atoms with Crippen molar-refractivity contribution in [2.45, 2.75) is 75.6 Å². The van der Waals surface area contributed by atoms with Crippen molar-refractivity contribution in [3.63, 3.8) is 0 Å². The summed E-state index contributed by atoms with van der Waals surface area (Å²) < 4.78 is 33.0. The van der Waals surface area contributed by atoms with Crippen molar-refractivity contribution in [2.75, 3.05) is 19.7 Å². The number of benzene rings is 1. The molecule has 162 valence electrons. The zero-order valence-electron chi connectivity index (χ0n) is 17.4. The topological polar surface area (TPSA) is 75.7 Å².